The van der Waals surface area contributed by atoms with E-state index >= 15 is 0 Å². The molecule has 0 radical (unpaired) electrons. The van der Waals surface area contributed by atoms with E-state index in [1.54, 1.807) is 26.8 Å². The van der Waals surface area contributed by atoms with Crippen LogP contribution in [0.2, 0.25) is 0 Å². The summed E-state index contributed by atoms with van der Waals surface area (Å²) in [5, 5.41) is 9.74. The molecule has 3 N–H and O–H groups in total. The van der Waals surface area contributed by atoms with Gasteiger partial charge in [-0.1, -0.05) is 60.5 Å². The SMILES string of the molecule is CCC(C)CC(=O)Oc1ccc(C(C(C)COC(=O)C(C)(C)CC)[C@H](N)C(=O)O)cc1OC(=O)CC(C)CC. The van der Waals surface area contributed by atoms with Crippen molar-refractivity contribution in [3.63, 3.8) is 0 Å². The summed E-state index contributed by atoms with van der Waals surface area (Å²) in [6.07, 6.45) is 2.53. The Hall–Kier alpha value is -2.94. The largest absolute Gasteiger partial charge is 0.480 e. The topological polar surface area (TPSA) is 142 Å². The van der Waals surface area contributed by atoms with E-state index in [9.17, 15) is 24.3 Å². The van der Waals surface area contributed by atoms with Gasteiger partial charge in [0.15, 0.2) is 11.5 Å². The highest BCUT2D eigenvalue weighted by atomic mass is 16.6. The summed E-state index contributed by atoms with van der Waals surface area (Å²) >= 11 is 0. The Morgan fingerprint density at radius 2 is 1.41 bits per heavy atom. The lowest BCUT2D eigenvalue weighted by Crippen LogP contribution is -2.41. The first kappa shape index (κ1) is 34.1. The van der Waals surface area contributed by atoms with E-state index in [0.717, 1.165) is 12.8 Å². The fourth-order valence-corrected chi connectivity index (χ4v) is 3.78. The number of ether oxygens (including phenoxy) is 3. The number of hydrogen-bond donors (Lipinski definition) is 2. The number of rotatable bonds is 16. The van der Waals surface area contributed by atoms with Crippen molar-refractivity contribution in [3.05, 3.63) is 23.8 Å². The van der Waals surface area contributed by atoms with E-state index in [-0.39, 0.29) is 48.8 Å². The Kier molecular flexibility index (Phi) is 13.6. The van der Waals surface area contributed by atoms with Crippen LogP contribution in [-0.4, -0.2) is 41.6 Å². The van der Waals surface area contributed by atoms with Crippen LogP contribution in [0.4, 0.5) is 0 Å². The standard InChI is InChI=1S/C30H47NO8/c1-9-18(4)14-24(32)38-22-13-12-21(16-23(22)39-25(33)15-19(5)10-2)26(27(31)28(34)35)20(6)17-37-29(36)30(7,8)11-3/h12-13,16,18-20,26-27H,9-11,14-15,17,31H2,1-8H3,(H,34,35)/t18?,19?,20?,26?,27-/m0/s1. The fraction of sp³-hybridized carbons (Fsp3) is 0.667. The second-order valence-electron chi connectivity index (χ2n) is 11.3. The van der Waals surface area contributed by atoms with E-state index < -0.39 is 41.2 Å². The summed E-state index contributed by atoms with van der Waals surface area (Å²) in [5.41, 5.74) is 5.88. The summed E-state index contributed by atoms with van der Waals surface area (Å²) < 4.78 is 16.7. The molecular formula is C30H47NO8. The van der Waals surface area contributed by atoms with Crippen molar-refractivity contribution < 1.29 is 38.5 Å². The van der Waals surface area contributed by atoms with Crippen LogP contribution in [0.15, 0.2) is 18.2 Å². The Morgan fingerprint density at radius 1 is 0.897 bits per heavy atom. The Labute approximate surface area is 232 Å². The van der Waals surface area contributed by atoms with Gasteiger partial charge in [0.1, 0.15) is 6.04 Å². The van der Waals surface area contributed by atoms with Crippen LogP contribution in [0.3, 0.4) is 0 Å². The van der Waals surface area contributed by atoms with Crippen molar-refractivity contribution in [2.24, 2.45) is 28.9 Å². The number of carbonyl (C=O) groups is 4. The van der Waals surface area contributed by atoms with Gasteiger partial charge in [-0.2, -0.15) is 0 Å². The van der Waals surface area contributed by atoms with E-state index in [2.05, 4.69) is 0 Å². The maximum absolute atomic E-state index is 12.7. The molecule has 1 aromatic carbocycles. The predicted octanol–water partition coefficient (Wildman–Crippen LogP) is 5.48. The van der Waals surface area contributed by atoms with Gasteiger partial charge in [0.05, 0.1) is 12.0 Å². The van der Waals surface area contributed by atoms with Gasteiger partial charge in [0.2, 0.25) is 0 Å². The molecule has 5 atom stereocenters. The highest BCUT2D eigenvalue weighted by Crippen LogP contribution is 2.36. The molecule has 0 saturated heterocycles. The number of aliphatic carboxylic acids is 1. The molecule has 0 amide bonds. The number of esters is 3. The molecule has 1 aromatic rings. The molecule has 0 aliphatic carbocycles. The van der Waals surface area contributed by atoms with E-state index in [0.29, 0.717) is 12.0 Å². The third-order valence-corrected chi connectivity index (χ3v) is 7.42. The van der Waals surface area contributed by atoms with Gasteiger partial charge in [-0.25, -0.2) is 0 Å². The van der Waals surface area contributed by atoms with Gasteiger partial charge < -0.3 is 25.1 Å². The Bertz CT molecular complexity index is 989. The summed E-state index contributed by atoms with van der Waals surface area (Å²) in [6, 6.07) is 3.23. The zero-order valence-corrected chi connectivity index (χ0v) is 24.7. The summed E-state index contributed by atoms with van der Waals surface area (Å²) in [7, 11) is 0. The maximum Gasteiger partial charge on any atom is 0.321 e. The van der Waals surface area contributed by atoms with Crippen molar-refractivity contribution in [2.75, 3.05) is 6.61 Å². The first-order chi connectivity index (χ1) is 18.2. The molecule has 0 heterocycles. The van der Waals surface area contributed by atoms with E-state index in [1.165, 1.54) is 12.1 Å². The lowest BCUT2D eigenvalue weighted by atomic mass is 9.81. The van der Waals surface area contributed by atoms with Crippen molar-refractivity contribution in [3.8, 4) is 11.5 Å². The Balaban J connectivity index is 3.40. The number of carbonyl (C=O) groups excluding carboxylic acids is 3. The zero-order valence-electron chi connectivity index (χ0n) is 24.7. The minimum absolute atomic E-state index is 0.0113. The van der Waals surface area contributed by atoms with Crippen LogP contribution in [0.25, 0.3) is 0 Å². The number of nitrogens with two attached hydrogens (primary N) is 1. The monoisotopic (exact) mass is 549 g/mol. The smallest absolute Gasteiger partial charge is 0.321 e. The van der Waals surface area contributed by atoms with Crippen LogP contribution in [0, 0.1) is 23.2 Å². The first-order valence-corrected chi connectivity index (χ1v) is 13.9. The molecular weight excluding hydrogens is 502 g/mol. The number of benzene rings is 1. The molecule has 0 aliphatic rings. The first-order valence-electron chi connectivity index (χ1n) is 13.9. The van der Waals surface area contributed by atoms with Crippen LogP contribution in [0.1, 0.15) is 99.0 Å². The van der Waals surface area contributed by atoms with Gasteiger partial charge >= 0.3 is 23.9 Å². The molecule has 0 fully saturated rings. The second-order valence-corrected chi connectivity index (χ2v) is 11.3. The zero-order chi connectivity index (χ0) is 29.9. The molecule has 0 spiro atoms. The second kappa shape index (κ2) is 15.6. The average molecular weight is 550 g/mol. The molecule has 1 rings (SSSR count). The van der Waals surface area contributed by atoms with Crippen molar-refractivity contribution in [1.82, 2.24) is 0 Å². The van der Waals surface area contributed by atoms with Gasteiger partial charge in [0, 0.05) is 18.8 Å². The van der Waals surface area contributed by atoms with Crippen LogP contribution >= 0.6 is 0 Å². The molecule has 4 unspecified atom stereocenters. The average Bonchev–Trinajstić information content (AvgIpc) is 2.88. The van der Waals surface area contributed by atoms with Crippen LogP contribution < -0.4 is 15.2 Å². The van der Waals surface area contributed by atoms with Crippen LogP contribution in [0.5, 0.6) is 11.5 Å². The van der Waals surface area contributed by atoms with Crippen LogP contribution in [-0.2, 0) is 23.9 Å². The summed E-state index contributed by atoms with van der Waals surface area (Å²) in [6.45, 7) is 14.9. The van der Waals surface area contributed by atoms with Gasteiger partial charge in [0.25, 0.3) is 0 Å². The van der Waals surface area contributed by atoms with Crippen molar-refractivity contribution in [2.45, 2.75) is 99.5 Å². The van der Waals surface area contributed by atoms with Crippen molar-refractivity contribution >= 4 is 23.9 Å². The lowest BCUT2D eigenvalue weighted by Gasteiger charge is -2.29. The fourth-order valence-electron chi connectivity index (χ4n) is 3.78. The molecule has 0 saturated carbocycles. The van der Waals surface area contributed by atoms with Gasteiger partial charge in [-0.15, -0.1) is 0 Å². The molecule has 9 heteroatoms. The lowest BCUT2D eigenvalue weighted by molar-refractivity contribution is -0.155. The number of hydrogen-bond acceptors (Lipinski definition) is 8. The summed E-state index contributed by atoms with van der Waals surface area (Å²) in [4.78, 5) is 49.6. The molecule has 220 valence electrons. The molecule has 39 heavy (non-hydrogen) atoms. The normalized spacial score (nSPS) is 15.4. The van der Waals surface area contributed by atoms with Crippen molar-refractivity contribution in [1.29, 1.82) is 0 Å². The van der Waals surface area contributed by atoms with E-state index in [1.807, 2.05) is 34.6 Å². The van der Waals surface area contributed by atoms with Gasteiger partial charge in [-0.3, -0.25) is 19.2 Å². The minimum atomic E-state index is -1.33. The highest BCUT2D eigenvalue weighted by molar-refractivity contribution is 5.78. The quantitative estimate of drug-likeness (QED) is 0.202. The molecule has 0 aromatic heterocycles. The molecule has 0 bridgehead atoms. The third kappa shape index (κ3) is 10.6. The van der Waals surface area contributed by atoms with Gasteiger partial charge in [-0.05, 0) is 55.7 Å². The maximum atomic E-state index is 12.7. The highest BCUT2D eigenvalue weighted by Gasteiger charge is 2.34. The number of carboxylic acid groups (broad SMARTS) is 1. The minimum Gasteiger partial charge on any atom is -0.480 e. The van der Waals surface area contributed by atoms with E-state index in [4.69, 9.17) is 19.9 Å². The molecule has 0 aliphatic heterocycles. The predicted molar refractivity (Wildman–Crippen MR) is 148 cm³/mol. The third-order valence-electron chi connectivity index (χ3n) is 7.42. The molecule has 9 nitrogen and oxygen atoms in total. The Morgan fingerprint density at radius 3 is 1.87 bits per heavy atom. The summed E-state index contributed by atoms with van der Waals surface area (Å²) in [5.74, 6) is -3.58. The number of carboxylic acids is 1.